The van der Waals surface area contributed by atoms with Crippen molar-refractivity contribution in [1.82, 2.24) is 5.43 Å². The van der Waals surface area contributed by atoms with E-state index >= 15 is 0 Å². The van der Waals surface area contributed by atoms with Crippen LogP contribution < -0.4 is 20.2 Å². The molecule has 4 aromatic rings. The van der Waals surface area contributed by atoms with Crippen LogP contribution in [0.1, 0.15) is 43.6 Å². The number of para-hydroxylation sites is 1. The summed E-state index contributed by atoms with van der Waals surface area (Å²) in [6.45, 7) is 6.61. The van der Waals surface area contributed by atoms with Gasteiger partial charge in [-0.3, -0.25) is 9.59 Å². The molecule has 0 atom stereocenters. The number of rotatable bonds is 12. The Bertz CT molecular complexity index is 1500. The van der Waals surface area contributed by atoms with Gasteiger partial charge in [0.15, 0.2) is 11.5 Å². The largest absolute Gasteiger partial charge is 0.490 e. The third-order valence-corrected chi connectivity index (χ3v) is 7.06. The van der Waals surface area contributed by atoms with Crippen molar-refractivity contribution in [3.8, 4) is 11.5 Å². The molecule has 3 aromatic carbocycles. The number of carbonyl (C=O) groups is 2. The molecule has 2 amide bonds. The number of hydrazone groups is 1. The predicted molar refractivity (Wildman–Crippen MR) is 164 cm³/mol. The molecule has 0 bridgehead atoms. The first-order chi connectivity index (χ1) is 19.5. The summed E-state index contributed by atoms with van der Waals surface area (Å²) in [5.74, 6) is 0.484. The third kappa shape index (κ3) is 7.68. The average molecular weight is 619 g/mol. The van der Waals surface area contributed by atoms with E-state index in [1.54, 1.807) is 48.7 Å². The van der Waals surface area contributed by atoms with E-state index in [4.69, 9.17) is 9.47 Å². The van der Waals surface area contributed by atoms with Gasteiger partial charge >= 0.3 is 0 Å². The SMILES string of the molecule is C=CCc1cc(/C=N\NC(=O)c2ccccc2NC(=O)c2cccs2)cc(OCC)c1OCc1ccc(Br)cc1. The van der Waals surface area contributed by atoms with Crippen molar-refractivity contribution in [2.24, 2.45) is 5.10 Å². The molecule has 1 heterocycles. The first kappa shape index (κ1) is 28.8. The lowest BCUT2D eigenvalue weighted by atomic mass is 10.1. The molecule has 7 nitrogen and oxygen atoms in total. The Labute approximate surface area is 245 Å². The number of nitrogens with one attached hydrogen (secondary N) is 2. The first-order valence-electron chi connectivity index (χ1n) is 12.5. The second-order valence-electron chi connectivity index (χ2n) is 8.52. The second-order valence-corrected chi connectivity index (χ2v) is 10.4. The fourth-order valence-corrected chi connectivity index (χ4v) is 4.72. The van der Waals surface area contributed by atoms with Crippen LogP contribution in [-0.2, 0) is 13.0 Å². The van der Waals surface area contributed by atoms with Gasteiger partial charge in [0.2, 0.25) is 0 Å². The van der Waals surface area contributed by atoms with Gasteiger partial charge in [0.1, 0.15) is 6.61 Å². The number of hydrogen-bond acceptors (Lipinski definition) is 6. The molecule has 0 saturated heterocycles. The fourth-order valence-electron chi connectivity index (χ4n) is 3.84. The highest BCUT2D eigenvalue weighted by atomic mass is 79.9. The summed E-state index contributed by atoms with van der Waals surface area (Å²) in [5.41, 5.74) is 5.87. The molecular formula is C31H28BrN3O4S. The normalized spacial score (nSPS) is 10.8. The molecule has 4 rings (SSSR count). The number of halogens is 1. The van der Waals surface area contributed by atoms with Crippen molar-refractivity contribution in [3.05, 3.63) is 122 Å². The Morgan fingerprint density at radius 2 is 1.82 bits per heavy atom. The minimum Gasteiger partial charge on any atom is -0.490 e. The maximum absolute atomic E-state index is 12.9. The fraction of sp³-hybridized carbons (Fsp3) is 0.129. The Morgan fingerprint density at radius 3 is 2.55 bits per heavy atom. The molecule has 0 fully saturated rings. The highest BCUT2D eigenvalue weighted by Gasteiger charge is 2.15. The number of anilines is 1. The summed E-state index contributed by atoms with van der Waals surface area (Å²) in [6, 6.07) is 22.0. The quantitative estimate of drug-likeness (QED) is 0.0996. The van der Waals surface area contributed by atoms with Gasteiger partial charge in [-0.2, -0.15) is 5.10 Å². The average Bonchev–Trinajstić information content (AvgIpc) is 3.50. The maximum atomic E-state index is 12.9. The van der Waals surface area contributed by atoms with Crippen LogP contribution >= 0.6 is 27.3 Å². The number of amides is 2. The van der Waals surface area contributed by atoms with Gasteiger partial charge in [-0.25, -0.2) is 5.43 Å². The van der Waals surface area contributed by atoms with Crippen LogP contribution in [-0.4, -0.2) is 24.6 Å². The van der Waals surface area contributed by atoms with E-state index in [0.717, 1.165) is 21.2 Å². The minimum atomic E-state index is -0.455. The van der Waals surface area contributed by atoms with E-state index in [2.05, 4.69) is 38.4 Å². The molecule has 0 radical (unpaired) electrons. The molecule has 0 saturated carbocycles. The summed E-state index contributed by atoms with van der Waals surface area (Å²) in [7, 11) is 0. The Morgan fingerprint density at radius 1 is 1.02 bits per heavy atom. The number of allylic oxidation sites excluding steroid dienone is 1. The number of nitrogens with zero attached hydrogens (tertiary/aromatic N) is 1. The van der Waals surface area contributed by atoms with Crippen LogP contribution in [0.25, 0.3) is 0 Å². The molecule has 0 unspecified atom stereocenters. The van der Waals surface area contributed by atoms with Crippen molar-refractivity contribution in [2.75, 3.05) is 11.9 Å². The summed E-state index contributed by atoms with van der Waals surface area (Å²) in [5, 5.41) is 8.77. The lowest BCUT2D eigenvalue weighted by molar-refractivity contribution is 0.0956. The van der Waals surface area contributed by atoms with Crippen LogP contribution in [0.4, 0.5) is 5.69 Å². The molecule has 2 N–H and O–H groups in total. The van der Waals surface area contributed by atoms with Crippen LogP contribution in [0.3, 0.4) is 0 Å². The van der Waals surface area contributed by atoms with Crippen molar-refractivity contribution in [1.29, 1.82) is 0 Å². The molecule has 0 aliphatic carbocycles. The summed E-state index contributed by atoms with van der Waals surface area (Å²) in [6.07, 6.45) is 3.89. The molecule has 9 heteroatoms. The zero-order valence-corrected chi connectivity index (χ0v) is 24.3. The smallest absolute Gasteiger partial charge is 0.273 e. The number of benzene rings is 3. The van der Waals surface area contributed by atoms with Crippen LogP contribution in [0, 0.1) is 0 Å². The lowest BCUT2D eigenvalue weighted by Crippen LogP contribution is -2.21. The minimum absolute atomic E-state index is 0.278. The zero-order chi connectivity index (χ0) is 28.3. The Hall–Kier alpha value is -4.21. The van der Waals surface area contributed by atoms with Gasteiger partial charge in [-0.1, -0.05) is 52.3 Å². The topological polar surface area (TPSA) is 89.0 Å². The van der Waals surface area contributed by atoms with Gasteiger partial charge < -0.3 is 14.8 Å². The summed E-state index contributed by atoms with van der Waals surface area (Å²) >= 11 is 4.78. The Balaban J connectivity index is 1.50. The monoisotopic (exact) mass is 617 g/mol. The molecule has 40 heavy (non-hydrogen) atoms. The van der Waals surface area contributed by atoms with E-state index in [1.165, 1.54) is 11.3 Å². The zero-order valence-electron chi connectivity index (χ0n) is 21.9. The summed E-state index contributed by atoms with van der Waals surface area (Å²) in [4.78, 5) is 26.0. The third-order valence-electron chi connectivity index (χ3n) is 5.66. The summed E-state index contributed by atoms with van der Waals surface area (Å²) < 4.78 is 13.1. The van der Waals surface area contributed by atoms with E-state index in [0.29, 0.717) is 47.3 Å². The van der Waals surface area contributed by atoms with Crippen LogP contribution in [0.15, 0.2) is 100 Å². The number of carbonyl (C=O) groups excluding carboxylic acids is 2. The van der Waals surface area contributed by atoms with Crippen molar-refractivity contribution >= 4 is 51.0 Å². The van der Waals surface area contributed by atoms with Gasteiger partial charge in [0.05, 0.1) is 28.9 Å². The second kappa shape index (κ2) is 14.3. The van der Waals surface area contributed by atoms with Gasteiger partial charge in [0, 0.05) is 10.0 Å². The Kier molecular flexibility index (Phi) is 10.3. The highest BCUT2D eigenvalue weighted by molar-refractivity contribution is 9.10. The van der Waals surface area contributed by atoms with Crippen LogP contribution in [0.2, 0.25) is 0 Å². The molecule has 0 aliphatic heterocycles. The molecule has 204 valence electrons. The maximum Gasteiger partial charge on any atom is 0.273 e. The van der Waals surface area contributed by atoms with E-state index in [9.17, 15) is 9.59 Å². The molecule has 0 spiro atoms. The van der Waals surface area contributed by atoms with E-state index < -0.39 is 5.91 Å². The number of thiophene rings is 1. The predicted octanol–water partition coefficient (Wildman–Crippen LogP) is 7.23. The van der Waals surface area contributed by atoms with E-state index in [-0.39, 0.29) is 5.91 Å². The first-order valence-corrected chi connectivity index (χ1v) is 14.2. The van der Waals surface area contributed by atoms with Crippen molar-refractivity contribution in [2.45, 2.75) is 20.0 Å². The molecule has 1 aromatic heterocycles. The standard InChI is InChI=1S/C31H28BrN3O4S/c1-3-8-23-17-22(18-27(38-4-2)29(23)39-20-21-12-14-24(32)15-13-21)19-33-35-30(36)25-9-5-6-10-26(25)34-31(37)28-11-7-16-40-28/h3,5-7,9-19H,1,4,8,20H2,2H3,(H,34,37)(H,35,36)/b33-19-. The van der Waals surface area contributed by atoms with E-state index in [1.807, 2.05) is 48.7 Å². The van der Waals surface area contributed by atoms with Crippen molar-refractivity contribution < 1.29 is 19.1 Å². The van der Waals surface area contributed by atoms with Gasteiger partial charge in [0.25, 0.3) is 11.8 Å². The van der Waals surface area contributed by atoms with Crippen LogP contribution in [0.5, 0.6) is 11.5 Å². The highest BCUT2D eigenvalue weighted by Crippen LogP contribution is 2.34. The van der Waals surface area contributed by atoms with Gasteiger partial charge in [-0.05, 0) is 72.3 Å². The molecular weight excluding hydrogens is 590 g/mol. The van der Waals surface area contributed by atoms with Crippen molar-refractivity contribution in [3.63, 3.8) is 0 Å². The number of ether oxygens (including phenoxy) is 2. The lowest BCUT2D eigenvalue weighted by Gasteiger charge is -2.17. The number of hydrogen-bond donors (Lipinski definition) is 2. The molecule has 0 aliphatic rings. The van der Waals surface area contributed by atoms with Gasteiger partial charge in [-0.15, -0.1) is 17.9 Å².